The quantitative estimate of drug-likeness (QED) is 0.668. The van der Waals surface area contributed by atoms with Crippen molar-refractivity contribution in [3.63, 3.8) is 0 Å². The molecule has 1 unspecified atom stereocenters. The normalized spacial score (nSPS) is 16.3. The number of carboxylic acid groups (broad SMARTS) is 1. The Bertz CT molecular complexity index is 641. The highest BCUT2D eigenvalue weighted by atomic mass is 16.4. The van der Waals surface area contributed by atoms with Gasteiger partial charge < -0.3 is 15.9 Å². The highest BCUT2D eigenvalue weighted by Gasteiger charge is 2.25. The Labute approximate surface area is 114 Å². The minimum atomic E-state index is -1.26. The molecule has 8 heteroatoms. The number of aliphatic carboxylic acids is 1. The van der Waals surface area contributed by atoms with E-state index >= 15 is 0 Å². The lowest BCUT2D eigenvalue weighted by molar-refractivity contribution is -0.137. The Kier molecular flexibility index (Phi) is 3.03. The van der Waals surface area contributed by atoms with Crippen molar-refractivity contribution < 1.29 is 15.0 Å². The first-order valence-electron chi connectivity index (χ1n) is 6.32. The molecule has 3 rings (SSSR count). The van der Waals surface area contributed by atoms with Gasteiger partial charge in [0, 0.05) is 23.5 Å². The van der Waals surface area contributed by atoms with Crippen LogP contribution in [-0.2, 0) is 11.3 Å². The Hall–Kier alpha value is -2.19. The molecule has 0 spiro atoms. The number of nitrogens with zero attached hydrogens (tertiary/aromatic N) is 4. The van der Waals surface area contributed by atoms with Gasteiger partial charge in [-0.1, -0.05) is 0 Å². The van der Waals surface area contributed by atoms with E-state index in [-0.39, 0.29) is 12.2 Å². The molecule has 1 fully saturated rings. The van der Waals surface area contributed by atoms with Crippen molar-refractivity contribution in [3.8, 4) is 11.1 Å². The SMILES string of the molecule is NC(O)c1nn(CC(=O)O)cc1-c1cnn(C2CC2)c1. The third kappa shape index (κ3) is 2.43. The molecule has 0 bridgehead atoms. The predicted molar refractivity (Wildman–Crippen MR) is 68.5 cm³/mol. The fraction of sp³-hybridized carbons (Fsp3) is 0.417. The summed E-state index contributed by atoms with van der Waals surface area (Å²) < 4.78 is 3.12. The third-order valence-corrected chi connectivity index (χ3v) is 3.20. The molecule has 4 N–H and O–H groups in total. The van der Waals surface area contributed by atoms with Crippen LogP contribution in [-0.4, -0.2) is 35.7 Å². The van der Waals surface area contributed by atoms with Gasteiger partial charge in [0.05, 0.1) is 12.2 Å². The molecule has 2 aromatic rings. The zero-order chi connectivity index (χ0) is 14.3. The Balaban J connectivity index is 1.96. The van der Waals surface area contributed by atoms with Crippen molar-refractivity contribution >= 4 is 5.97 Å². The fourth-order valence-corrected chi connectivity index (χ4v) is 2.11. The number of hydrogen-bond acceptors (Lipinski definition) is 5. The summed E-state index contributed by atoms with van der Waals surface area (Å²) >= 11 is 0. The maximum Gasteiger partial charge on any atom is 0.325 e. The number of carbonyl (C=O) groups is 1. The molecule has 1 atom stereocenters. The molecular weight excluding hydrogens is 262 g/mol. The van der Waals surface area contributed by atoms with Crippen LogP contribution < -0.4 is 5.73 Å². The van der Waals surface area contributed by atoms with E-state index in [9.17, 15) is 9.90 Å². The van der Waals surface area contributed by atoms with Gasteiger partial charge in [0.2, 0.25) is 0 Å². The van der Waals surface area contributed by atoms with Crippen molar-refractivity contribution in [1.82, 2.24) is 19.6 Å². The van der Waals surface area contributed by atoms with E-state index in [4.69, 9.17) is 10.8 Å². The molecule has 0 saturated heterocycles. The van der Waals surface area contributed by atoms with Crippen LogP contribution in [0.2, 0.25) is 0 Å². The smallest absolute Gasteiger partial charge is 0.325 e. The number of nitrogens with two attached hydrogens (primary N) is 1. The summed E-state index contributed by atoms with van der Waals surface area (Å²) in [6, 6.07) is 0.448. The molecule has 1 saturated carbocycles. The zero-order valence-electron chi connectivity index (χ0n) is 10.7. The van der Waals surface area contributed by atoms with Crippen LogP contribution in [0.15, 0.2) is 18.6 Å². The van der Waals surface area contributed by atoms with Crippen LogP contribution in [0.1, 0.15) is 30.8 Å². The van der Waals surface area contributed by atoms with Gasteiger partial charge in [0.1, 0.15) is 18.5 Å². The third-order valence-electron chi connectivity index (χ3n) is 3.20. The molecule has 0 amide bonds. The van der Waals surface area contributed by atoms with Crippen molar-refractivity contribution in [3.05, 3.63) is 24.3 Å². The summed E-state index contributed by atoms with van der Waals surface area (Å²) in [5.74, 6) is -1.01. The maximum absolute atomic E-state index is 10.7. The molecule has 2 aromatic heterocycles. The summed E-state index contributed by atoms with van der Waals surface area (Å²) in [5, 5.41) is 26.6. The Morgan fingerprint density at radius 3 is 2.85 bits per heavy atom. The van der Waals surface area contributed by atoms with Crippen LogP contribution in [0.3, 0.4) is 0 Å². The second-order valence-electron chi connectivity index (χ2n) is 4.90. The highest BCUT2D eigenvalue weighted by Crippen LogP contribution is 2.35. The van der Waals surface area contributed by atoms with Crippen molar-refractivity contribution in [2.45, 2.75) is 31.7 Å². The van der Waals surface area contributed by atoms with Crippen LogP contribution >= 0.6 is 0 Å². The van der Waals surface area contributed by atoms with E-state index in [1.807, 2.05) is 10.9 Å². The molecular formula is C12H15N5O3. The van der Waals surface area contributed by atoms with Crippen molar-refractivity contribution in [2.75, 3.05) is 0 Å². The van der Waals surface area contributed by atoms with Gasteiger partial charge in [0.25, 0.3) is 0 Å². The monoisotopic (exact) mass is 277 g/mol. The molecule has 0 aromatic carbocycles. The first-order valence-corrected chi connectivity index (χ1v) is 6.32. The molecule has 8 nitrogen and oxygen atoms in total. The average Bonchev–Trinajstić information content (AvgIpc) is 2.95. The van der Waals surface area contributed by atoms with Crippen LogP contribution in [0.5, 0.6) is 0 Å². The van der Waals surface area contributed by atoms with Crippen LogP contribution in [0, 0.1) is 0 Å². The topological polar surface area (TPSA) is 119 Å². The van der Waals surface area contributed by atoms with Gasteiger partial charge in [-0.05, 0) is 12.8 Å². The molecule has 1 aliphatic rings. The van der Waals surface area contributed by atoms with Crippen LogP contribution in [0.4, 0.5) is 0 Å². The molecule has 106 valence electrons. The molecule has 0 aliphatic heterocycles. The van der Waals surface area contributed by atoms with Gasteiger partial charge in [-0.15, -0.1) is 0 Å². The fourth-order valence-electron chi connectivity index (χ4n) is 2.11. The van der Waals surface area contributed by atoms with E-state index in [2.05, 4.69) is 10.2 Å². The van der Waals surface area contributed by atoms with Gasteiger partial charge in [-0.25, -0.2) is 0 Å². The minimum absolute atomic E-state index is 0.251. The predicted octanol–water partition coefficient (Wildman–Crippen LogP) is 0.116. The summed E-state index contributed by atoms with van der Waals surface area (Å²) in [5.41, 5.74) is 7.11. The zero-order valence-corrected chi connectivity index (χ0v) is 10.7. The molecule has 20 heavy (non-hydrogen) atoms. The largest absolute Gasteiger partial charge is 0.480 e. The van der Waals surface area contributed by atoms with E-state index in [1.165, 1.54) is 4.68 Å². The van der Waals surface area contributed by atoms with Crippen LogP contribution in [0.25, 0.3) is 11.1 Å². The first kappa shape index (κ1) is 12.8. The number of aliphatic hydroxyl groups is 1. The maximum atomic E-state index is 10.7. The first-order chi connectivity index (χ1) is 9.54. The molecule has 2 heterocycles. The Morgan fingerprint density at radius 2 is 2.25 bits per heavy atom. The number of hydrogen-bond donors (Lipinski definition) is 3. The average molecular weight is 277 g/mol. The highest BCUT2D eigenvalue weighted by molar-refractivity contribution is 5.68. The summed E-state index contributed by atoms with van der Waals surface area (Å²) in [4.78, 5) is 10.7. The number of aliphatic hydroxyl groups excluding tert-OH is 1. The summed E-state index contributed by atoms with van der Waals surface area (Å²) in [7, 11) is 0. The summed E-state index contributed by atoms with van der Waals surface area (Å²) in [6.07, 6.45) is 6.08. The van der Waals surface area contributed by atoms with Gasteiger partial charge in [-0.2, -0.15) is 10.2 Å². The number of rotatable bonds is 5. The lowest BCUT2D eigenvalue weighted by atomic mass is 10.1. The second kappa shape index (κ2) is 4.73. The van der Waals surface area contributed by atoms with E-state index in [0.717, 1.165) is 18.4 Å². The van der Waals surface area contributed by atoms with Gasteiger partial charge in [-0.3, -0.25) is 14.2 Å². The number of aromatic nitrogens is 4. The van der Waals surface area contributed by atoms with Gasteiger partial charge >= 0.3 is 5.97 Å². The Morgan fingerprint density at radius 1 is 1.50 bits per heavy atom. The number of carboxylic acids is 1. The molecule has 0 radical (unpaired) electrons. The van der Waals surface area contributed by atoms with E-state index in [1.54, 1.807) is 12.4 Å². The van der Waals surface area contributed by atoms with E-state index < -0.39 is 12.2 Å². The van der Waals surface area contributed by atoms with Crippen molar-refractivity contribution in [1.29, 1.82) is 0 Å². The van der Waals surface area contributed by atoms with E-state index in [0.29, 0.717) is 11.6 Å². The molecule has 1 aliphatic carbocycles. The second-order valence-corrected chi connectivity index (χ2v) is 4.90. The summed E-state index contributed by atoms with van der Waals surface area (Å²) in [6.45, 7) is -0.281. The van der Waals surface area contributed by atoms with Gasteiger partial charge in [0.15, 0.2) is 0 Å². The minimum Gasteiger partial charge on any atom is -0.480 e. The lowest BCUT2D eigenvalue weighted by Crippen LogP contribution is -2.13. The lowest BCUT2D eigenvalue weighted by Gasteiger charge is -2.02. The van der Waals surface area contributed by atoms with Crippen molar-refractivity contribution in [2.24, 2.45) is 5.73 Å². The standard InChI is InChI=1S/C12H15N5O3/c13-12(20)11-9(5-16(15-11)6-10(18)19)7-3-14-17(4-7)8-1-2-8/h3-5,8,12,20H,1-2,6,13H2,(H,18,19).